The minimum absolute atomic E-state index is 0.0439. The van der Waals surface area contributed by atoms with Crippen LogP contribution in [0.5, 0.6) is 0 Å². The number of amides is 1. The van der Waals surface area contributed by atoms with E-state index in [1.165, 1.54) is 7.11 Å². The maximum absolute atomic E-state index is 12.3. The van der Waals surface area contributed by atoms with Crippen molar-refractivity contribution in [3.8, 4) is 0 Å². The number of benzene rings is 1. The van der Waals surface area contributed by atoms with E-state index >= 15 is 0 Å². The van der Waals surface area contributed by atoms with Crippen molar-refractivity contribution in [2.75, 3.05) is 13.7 Å². The summed E-state index contributed by atoms with van der Waals surface area (Å²) in [6.45, 7) is 4.23. The molecule has 1 aromatic rings. The van der Waals surface area contributed by atoms with Crippen LogP contribution in [0.25, 0.3) is 0 Å². The van der Waals surface area contributed by atoms with Crippen LogP contribution in [0, 0.1) is 0 Å². The molecule has 0 aliphatic rings. The zero-order valence-electron chi connectivity index (χ0n) is 11.1. The summed E-state index contributed by atoms with van der Waals surface area (Å²) in [6.07, 6.45) is 0.216. The minimum atomic E-state index is -0.304. The molecule has 1 rings (SSSR count). The second-order valence-electron chi connectivity index (χ2n) is 4.28. The Labute approximate surface area is 108 Å². The van der Waals surface area contributed by atoms with Gasteiger partial charge in [-0.2, -0.15) is 0 Å². The summed E-state index contributed by atoms with van der Waals surface area (Å²) in [6, 6.07) is 9.11. The van der Waals surface area contributed by atoms with Crippen molar-refractivity contribution >= 4 is 11.9 Å². The maximum atomic E-state index is 12.3. The standard InChI is InChI=1S/C14H19NO3/c1-11(2)15(10-9-13(16)18-3)14(17)12-7-5-4-6-8-12/h4-8,11H,9-10H2,1-3H3. The Kier molecular flexibility index (Phi) is 5.36. The van der Waals surface area contributed by atoms with Gasteiger partial charge in [-0.3, -0.25) is 9.59 Å². The van der Waals surface area contributed by atoms with E-state index in [0.29, 0.717) is 12.1 Å². The second-order valence-corrected chi connectivity index (χ2v) is 4.28. The van der Waals surface area contributed by atoms with Gasteiger partial charge in [-0.25, -0.2) is 0 Å². The number of hydrogen-bond acceptors (Lipinski definition) is 3. The van der Waals surface area contributed by atoms with Crippen LogP contribution >= 0.6 is 0 Å². The molecule has 0 radical (unpaired) electrons. The molecule has 0 bridgehead atoms. The molecule has 98 valence electrons. The Morgan fingerprint density at radius 3 is 2.33 bits per heavy atom. The lowest BCUT2D eigenvalue weighted by molar-refractivity contribution is -0.140. The number of carbonyl (C=O) groups excluding carboxylic acids is 2. The first-order chi connectivity index (χ1) is 8.56. The molecular formula is C14H19NO3. The fourth-order valence-electron chi connectivity index (χ4n) is 1.65. The lowest BCUT2D eigenvalue weighted by atomic mass is 10.1. The monoisotopic (exact) mass is 249 g/mol. The third-order valence-corrected chi connectivity index (χ3v) is 2.69. The molecule has 0 atom stereocenters. The Hall–Kier alpha value is -1.84. The van der Waals surface area contributed by atoms with Crippen LogP contribution in [-0.4, -0.2) is 36.5 Å². The van der Waals surface area contributed by atoms with E-state index in [-0.39, 0.29) is 24.3 Å². The summed E-state index contributed by atoms with van der Waals surface area (Å²) in [4.78, 5) is 25.1. The summed E-state index contributed by atoms with van der Waals surface area (Å²) in [5.41, 5.74) is 0.635. The second kappa shape index (κ2) is 6.79. The molecule has 0 fully saturated rings. The third kappa shape index (κ3) is 3.87. The maximum Gasteiger partial charge on any atom is 0.307 e. The van der Waals surface area contributed by atoms with Crippen LogP contribution in [0.1, 0.15) is 30.6 Å². The van der Waals surface area contributed by atoms with Crippen molar-refractivity contribution in [1.29, 1.82) is 0 Å². The van der Waals surface area contributed by atoms with Crippen molar-refractivity contribution in [2.24, 2.45) is 0 Å². The third-order valence-electron chi connectivity index (χ3n) is 2.69. The van der Waals surface area contributed by atoms with Crippen LogP contribution in [0.2, 0.25) is 0 Å². The van der Waals surface area contributed by atoms with Crippen molar-refractivity contribution in [3.05, 3.63) is 35.9 Å². The number of carbonyl (C=O) groups is 2. The number of rotatable bonds is 5. The average molecular weight is 249 g/mol. The summed E-state index contributed by atoms with van der Waals surface area (Å²) in [5, 5.41) is 0. The van der Waals surface area contributed by atoms with Gasteiger partial charge in [0.1, 0.15) is 0 Å². The molecular weight excluding hydrogens is 230 g/mol. The van der Waals surface area contributed by atoms with Gasteiger partial charge in [0, 0.05) is 18.2 Å². The predicted octanol–water partition coefficient (Wildman–Crippen LogP) is 2.10. The number of nitrogens with zero attached hydrogens (tertiary/aromatic N) is 1. The molecule has 0 saturated carbocycles. The smallest absolute Gasteiger partial charge is 0.307 e. The zero-order valence-corrected chi connectivity index (χ0v) is 11.1. The summed E-state index contributed by atoms with van der Waals surface area (Å²) < 4.78 is 4.59. The highest BCUT2D eigenvalue weighted by atomic mass is 16.5. The first kappa shape index (κ1) is 14.2. The van der Waals surface area contributed by atoms with Gasteiger partial charge in [0.05, 0.1) is 13.5 Å². The molecule has 0 saturated heterocycles. The molecule has 0 aliphatic heterocycles. The van der Waals surface area contributed by atoms with E-state index in [2.05, 4.69) is 4.74 Å². The lowest BCUT2D eigenvalue weighted by Crippen LogP contribution is -2.38. The molecule has 1 amide bonds. The molecule has 0 aromatic heterocycles. The largest absolute Gasteiger partial charge is 0.469 e. The molecule has 0 N–H and O–H groups in total. The fraction of sp³-hybridized carbons (Fsp3) is 0.429. The van der Waals surface area contributed by atoms with E-state index in [9.17, 15) is 9.59 Å². The first-order valence-electron chi connectivity index (χ1n) is 5.99. The van der Waals surface area contributed by atoms with E-state index in [1.54, 1.807) is 17.0 Å². The molecule has 18 heavy (non-hydrogen) atoms. The zero-order chi connectivity index (χ0) is 13.5. The number of methoxy groups -OCH3 is 1. The molecule has 0 aliphatic carbocycles. The van der Waals surface area contributed by atoms with Gasteiger partial charge in [0.25, 0.3) is 5.91 Å². The van der Waals surface area contributed by atoms with E-state index in [0.717, 1.165) is 0 Å². The minimum Gasteiger partial charge on any atom is -0.469 e. The van der Waals surface area contributed by atoms with Crippen LogP contribution < -0.4 is 0 Å². The Morgan fingerprint density at radius 1 is 1.22 bits per heavy atom. The topological polar surface area (TPSA) is 46.6 Å². The predicted molar refractivity (Wildman–Crippen MR) is 69.2 cm³/mol. The normalized spacial score (nSPS) is 10.2. The SMILES string of the molecule is COC(=O)CCN(C(=O)c1ccccc1)C(C)C. The molecule has 0 heterocycles. The quantitative estimate of drug-likeness (QED) is 0.751. The van der Waals surface area contributed by atoms with Gasteiger partial charge in [-0.05, 0) is 26.0 Å². The van der Waals surface area contributed by atoms with Gasteiger partial charge < -0.3 is 9.64 Å². The first-order valence-corrected chi connectivity index (χ1v) is 5.99. The van der Waals surface area contributed by atoms with Gasteiger partial charge >= 0.3 is 5.97 Å². The Bertz CT molecular complexity index is 401. The van der Waals surface area contributed by atoms with Crippen LogP contribution in [0.4, 0.5) is 0 Å². The highest BCUT2D eigenvalue weighted by Crippen LogP contribution is 2.09. The molecule has 4 heteroatoms. The van der Waals surface area contributed by atoms with Gasteiger partial charge in [-0.1, -0.05) is 18.2 Å². The molecule has 1 aromatic carbocycles. The molecule has 0 spiro atoms. The highest BCUT2D eigenvalue weighted by Gasteiger charge is 2.19. The van der Waals surface area contributed by atoms with Crippen molar-refractivity contribution < 1.29 is 14.3 Å². The highest BCUT2D eigenvalue weighted by molar-refractivity contribution is 5.94. The van der Waals surface area contributed by atoms with Crippen molar-refractivity contribution in [1.82, 2.24) is 4.90 Å². The van der Waals surface area contributed by atoms with Gasteiger partial charge in [0.2, 0.25) is 0 Å². The van der Waals surface area contributed by atoms with Crippen molar-refractivity contribution in [3.63, 3.8) is 0 Å². The van der Waals surface area contributed by atoms with Crippen LogP contribution in [-0.2, 0) is 9.53 Å². The number of esters is 1. The number of ether oxygens (including phenoxy) is 1. The number of hydrogen-bond donors (Lipinski definition) is 0. The molecule has 0 unspecified atom stereocenters. The summed E-state index contributed by atoms with van der Waals surface area (Å²) >= 11 is 0. The van der Waals surface area contributed by atoms with Gasteiger partial charge in [0.15, 0.2) is 0 Å². The van der Waals surface area contributed by atoms with Crippen molar-refractivity contribution in [2.45, 2.75) is 26.3 Å². The Balaban J connectivity index is 2.73. The van der Waals surface area contributed by atoms with Gasteiger partial charge in [-0.15, -0.1) is 0 Å². The average Bonchev–Trinajstić information content (AvgIpc) is 2.39. The molecule has 4 nitrogen and oxygen atoms in total. The van der Waals surface area contributed by atoms with Crippen LogP contribution in [0.15, 0.2) is 30.3 Å². The van der Waals surface area contributed by atoms with E-state index < -0.39 is 0 Å². The van der Waals surface area contributed by atoms with Crippen LogP contribution in [0.3, 0.4) is 0 Å². The van der Waals surface area contributed by atoms with E-state index in [1.807, 2.05) is 32.0 Å². The summed E-state index contributed by atoms with van der Waals surface area (Å²) in [5.74, 6) is -0.365. The Morgan fingerprint density at radius 2 is 1.83 bits per heavy atom. The van der Waals surface area contributed by atoms with E-state index in [4.69, 9.17) is 0 Å². The fourth-order valence-corrected chi connectivity index (χ4v) is 1.65. The lowest BCUT2D eigenvalue weighted by Gasteiger charge is -2.26. The summed E-state index contributed by atoms with van der Waals surface area (Å²) in [7, 11) is 1.35.